The minimum absolute atomic E-state index is 0.173. The van der Waals surface area contributed by atoms with Crippen LogP contribution >= 0.6 is 0 Å². The maximum Gasteiger partial charge on any atom is 0.407 e. The van der Waals surface area contributed by atoms with Gasteiger partial charge in [-0.1, -0.05) is 24.0 Å². The van der Waals surface area contributed by atoms with Gasteiger partial charge in [0, 0.05) is 72.9 Å². The number of piperazine rings is 1. The highest BCUT2D eigenvalue weighted by molar-refractivity contribution is 5.87. The minimum atomic E-state index is -5.23. The summed E-state index contributed by atoms with van der Waals surface area (Å²) in [4.78, 5) is 62.4. The van der Waals surface area contributed by atoms with E-state index in [1.807, 2.05) is 22.9 Å². The van der Waals surface area contributed by atoms with Gasteiger partial charge in [0.05, 0.1) is 62.6 Å². The van der Waals surface area contributed by atoms with E-state index in [0.29, 0.717) is 74.1 Å². The second-order valence-electron chi connectivity index (χ2n) is 21.0. The van der Waals surface area contributed by atoms with Crippen molar-refractivity contribution in [3.8, 4) is 23.0 Å². The summed E-state index contributed by atoms with van der Waals surface area (Å²) in [5.74, 6) is 0.813. The van der Waals surface area contributed by atoms with Gasteiger partial charge in [-0.15, -0.1) is 0 Å². The number of halogens is 10. The van der Waals surface area contributed by atoms with E-state index in [4.69, 9.17) is 4.74 Å². The van der Waals surface area contributed by atoms with Gasteiger partial charge in [0.15, 0.2) is 0 Å². The predicted molar refractivity (Wildman–Crippen MR) is 269 cm³/mol. The van der Waals surface area contributed by atoms with E-state index in [1.165, 1.54) is 12.1 Å². The zero-order valence-electron chi connectivity index (χ0n) is 44.6. The summed E-state index contributed by atoms with van der Waals surface area (Å²) in [6.45, 7) is 0.0507. The molecule has 4 aromatic rings. The van der Waals surface area contributed by atoms with Gasteiger partial charge in [-0.25, -0.2) is 33.0 Å². The SMILES string of the molecule is COC(=O)N[C@H](C(=O)N[C@@H](Cc1ccc(C#Cc2ccc(N3CC4CCC(C3)N4C3COC3)nc2)cc1)[C@@H](O)CN(Cc1c(F)cc(-c2cnn(C(F)F)c2)cc1F)NC(=O)[C@@H](NC(=O)OC)C(C)(C)C(F)(F)F)C(C)(C)C(F)(F)F. The van der Waals surface area contributed by atoms with Crippen molar-refractivity contribution in [3.63, 3.8) is 0 Å². The summed E-state index contributed by atoms with van der Waals surface area (Å²) in [5, 5.41) is 21.9. The molecule has 0 aliphatic carbocycles. The molecule has 2 bridgehead atoms. The molecule has 28 heteroatoms. The number of hydrazine groups is 1. The molecule has 4 amide bonds. The van der Waals surface area contributed by atoms with Crippen molar-refractivity contribution in [2.24, 2.45) is 10.8 Å². The van der Waals surface area contributed by atoms with Gasteiger partial charge in [0.25, 0.3) is 5.91 Å². The molecule has 7 rings (SSSR count). The van der Waals surface area contributed by atoms with Crippen LogP contribution in [0.4, 0.5) is 59.3 Å². The molecule has 5 heterocycles. The Morgan fingerprint density at radius 1 is 0.765 bits per heavy atom. The van der Waals surface area contributed by atoms with Crippen LogP contribution in [0.25, 0.3) is 11.1 Å². The Kier molecular flexibility index (Phi) is 18.9. The summed E-state index contributed by atoms with van der Waals surface area (Å²) < 4.78 is 161. The average molecular weight is 1160 g/mol. The van der Waals surface area contributed by atoms with Crippen molar-refractivity contribution in [1.82, 2.24) is 46.0 Å². The Balaban J connectivity index is 1.18. The first-order valence-electron chi connectivity index (χ1n) is 25.3. The maximum absolute atomic E-state index is 16.1. The van der Waals surface area contributed by atoms with Gasteiger partial charge in [-0.2, -0.15) is 40.2 Å². The number of aliphatic hydroxyl groups is 1. The molecule has 2 unspecified atom stereocenters. The summed E-state index contributed by atoms with van der Waals surface area (Å²) in [7, 11) is 1.60. The molecule has 6 atom stereocenters. The average Bonchev–Trinajstić information content (AvgIpc) is 3.98. The Morgan fingerprint density at radius 3 is 1.79 bits per heavy atom. The number of methoxy groups -OCH3 is 2. The van der Waals surface area contributed by atoms with Crippen LogP contribution in [0.3, 0.4) is 0 Å². The maximum atomic E-state index is 16.1. The van der Waals surface area contributed by atoms with Crippen LogP contribution < -0.4 is 26.3 Å². The Labute approximate surface area is 458 Å². The van der Waals surface area contributed by atoms with Crippen molar-refractivity contribution in [1.29, 1.82) is 0 Å². The predicted octanol–water partition coefficient (Wildman–Crippen LogP) is 6.62. The number of ether oxygens (including phenoxy) is 3. The van der Waals surface area contributed by atoms with Gasteiger partial charge in [0.2, 0.25) is 5.91 Å². The van der Waals surface area contributed by atoms with Crippen molar-refractivity contribution in [2.75, 3.05) is 52.0 Å². The highest BCUT2D eigenvalue weighted by Crippen LogP contribution is 2.42. The van der Waals surface area contributed by atoms with E-state index in [-0.39, 0.29) is 21.4 Å². The molecule has 3 fully saturated rings. The fraction of sp³-hybridized carbons (Fsp3) is 0.509. The lowest BCUT2D eigenvalue weighted by atomic mass is 9.82. The lowest BCUT2D eigenvalue weighted by Gasteiger charge is -2.47. The zero-order valence-corrected chi connectivity index (χ0v) is 44.6. The van der Waals surface area contributed by atoms with Gasteiger partial charge >= 0.3 is 31.1 Å². The van der Waals surface area contributed by atoms with Crippen molar-refractivity contribution < 1.29 is 82.4 Å². The monoisotopic (exact) mass is 1150 g/mol. The van der Waals surface area contributed by atoms with Crippen LogP contribution in [0.1, 0.15) is 69.3 Å². The topological polar surface area (TPSA) is 205 Å². The number of nitrogens with one attached hydrogen (secondary N) is 4. The standard InChI is InChI=1S/C53H60F10N10O8/c1-50(2,52(58,59)60)43(67-48(77)79-5)45(75)66-40(17-30-10-7-29(8-11-30)9-12-31-13-16-42(64-20-31)70-23-34-14-15-35(24-70)73(34)36-27-81-28-36)41(74)26-71(69-46(76)44(68-49(78)80-6)51(3,4)53(61,62)63)25-37-38(54)18-32(19-39(37)55)33-21-65-72(22-33)47(56)57/h7-8,10-11,13,16,18-22,34-36,40-41,43-44,47,74H,14-15,17,23-28H2,1-6H3,(H,66,75)(H,67,77)(H,68,78)(H,69,76)/t34?,35?,40-,41-,43+,44+/m0/s1. The fourth-order valence-corrected chi connectivity index (χ4v) is 9.69. The molecule has 18 nitrogen and oxygen atoms in total. The largest absolute Gasteiger partial charge is 0.453 e. The minimum Gasteiger partial charge on any atom is -0.453 e. The van der Waals surface area contributed by atoms with E-state index in [2.05, 4.69) is 46.5 Å². The first-order chi connectivity index (χ1) is 38.0. The number of amides is 4. The molecular weight excluding hydrogens is 1090 g/mol. The van der Waals surface area contributed by atoms with E-state index < -0.39 is 115 Å². The lowest BCUT2D eigenvalue weighted by Crippen LogP contribution is -2.63. The molecule has 0 spiro atoms. The summed E-state index contributed by atoms with van der Waals surface area (Å²) in [5.41, 5.74) is -4.21. The first kappa shape index (κ1) is 61.4. The summed E-state index contributed by atoms with van der Waals surface area (Å²) >= 11 is 0. The number of anilines is 1. The number of carbonyl (C=O) groups excluding carboxylic acids is 4. The third kappa shape index (κ3) is 14.3. The molecule has 2 aromatic heterocycles. The molecule has 3 aliphatic rings. The molecule has 3 aliphatic heterocycles. The number of alkyl halides is 8. The van der Waals surface area contributed by atoms with Crippen LogP contribution in [-0.4, -0.2) is 156 Å². The number of fused-ring (bicyclic) bond motifs is 2. The highest BCUT2D eigenvalue weighted by Gasteiger charge is 2.57. The van der Waals surface area contributed by atoms with E-state index >= 15 is 8.78 Å². The second kappa shape index (κ2) is 24.9. The number of alkyl carbamates (subject to hydrolysis) is 2. The van der Waals surface area contributed by atoms with Crippen LogP contribution in [0, 0.1) is 34.3 Å². The summed E-state index contributed by atoms with van der Waals surface area (Å²) in [6, 6.07) is 5.65. The molecule has 0 saturated carbocycles. The van der Waals surface area contributed by atoms with E-state index in [0.717, 1.165) is 71.6 Å². The third-order valence-corrected chi connectivity index (χ3v) is 14.8. The number of aromatic nitrogens is 3. The smallest absolute Gasteiger partial charge is 0.407 e. The fourth-order valence-electron chi connectivity index (χ4n) is 9.69. The number of aliphatic hydroxyl groups excluding tert-OH is 1. The molecular formula is C53H60F10N10O8. The lowest BCUT2D eigenvalue weighted by molar-refractivity contribution is -0.221. The molecule has 440 valence electrons. The molecule has 0 radical (unpaired) electrons. The van der Waals surface area contributed by atoms with Crippen LogP contribution in [0.15, 0.2) is 67.1 Å². The Bertz CT molecular complexity index is 2910. The quantitative estimate of drug-likeness (QED) is 0.0381. The van der Waals surface area contributed by atoms with Crippen molar-refractivity contribution >= 4 is 29.8 Å². The number of nitrogens with zero attached hydrogens (tertiary/aromatic N) is 6. The Hall–Kier alpha value is -7.22. The van der Waals surface area contributed by atoms with E-state index in [1.54, 1.807) is 23.6 Å². The number of carbonyl (C=O) groups is 4. The molecule has 81 heavy (non-hydrogen) atoms. The first-order valence-corrected chi connectivity index (χ1v) is 25.3. The highest BCUT2D eigenvalue weighted by atomic mass is 19.4. The van der Waals surface area contributed by atoms with E-state index in [9.17, 15) is 59.4 Å². The number of benzene rings is 2. The number of pyridine rings is 1. The third-order valence-electron chi connectivity index (χ3n) is 14.8. The molecule has 2 aromatic carbocycles. The van der Waals surface area contributed by atoms with Crippen LogP contribution in [-0.2, 0) is 36.8 Å². The zero-order chi connectivity index (χ0) is 59.4. The van der Waals surface area contributed by atoms with Gasteiger partial charge in [-0.3, -0.25) is 19.9 Å². The second-order valence-corrected chi connectivity index (χ2v) is 21.0. The van der Waals surface area contributed by atoms with Crippen LogP contribution in [0.5, 0.6) is 0 Å². The van der Waals surface area contributed by atoms with Crippen LogP contribution in [0.2, 0.25) is 0 Å². The van der Waals surface area contributed by atoms with Gasteiger partial charge in [-0.05, 0) is 94.5 Å². The number of hydrogen-bond acceptors (Lipinski definition) is 13. The molecule has 3 saturated heterocycles. The van der Waals surface area contributed by atoms with Gasteiger partial charge < -0.3 is 40.2 Å². The number of rotatable bonds is 19. The van der Waals surface area contributed by atoms with Gasteiger partial charge in [0.1, 0.15) is 29.5 Å². The van der Waals surface area contributed by atoms with Crippen molar-refractivity contribution in [2.45, 2.75) is 115 Å². The Morgan fingerprint density at radius 2 is 1.31 bits per heavy atom. The van der Waals surface area contributed by atoms with Crippen molar-refractivity contribution in [3.05, 3.63) is 101 Å². The number of hydrogen-bond donors (Lipinski definition) is 5. The summed E-state index contributed by atoms with van der Waals surface area (Å²) in [6.07, 6.45) is -10.5. The normalized spacial score (nSPS) is 18.5. The molecule has 5 N–H and O–H groups in total.